The average Bonchev–Trinajstić information content (AvgIpc) is 2.52. The third-order valence-electron chi connectivity index (χ3n) is 3.17. The first kappa shape index (κ1) is 17.7. The van der Waals surface area contributed by atoms with Crippen LogP contribution in [0.4, 0.5) is 24.5 Å². The van der Waals surface area contributed by atoms with Crippen molar-refractivity contribution in [3.8, 4) is 0 Å². The van der Waals surface area contributed by atoms with Crippen molar-refractivity contribution in [2.45, 2.75) is 13.1 Å². The van der Waals surface area contributed by atoms with Gasteiger partial charge in [-0.2, -0.15) is 13.2 Å². The van der Waals surface area contributed by atoms with Gasteiger partial charge >= 0.3 is 6.18 Å². The Kier molecular flexibility index (Phi) is 5.40. The first-order valence-corrected chi connectivity index (χ1v) is 7.11. The van der Waals surface area contributed by atoms with Crippen LogP contribution >= 0.6 is 0 Å². The Morgan fingerprint density at radius 1 is 1.25 bits per heavy atom. The number of nitrogens with one attached hydrogen (secondary N) is 2. The zero-order chi connectivity index (χ0) is 17.7. The normalized spacial score (nSPS) is 11.2. The van der Waals surface area contributed by atoms with E-state index in [0.29, 0.717) is 11.3 Å². The second kappa shape index (κ2) is 7.31. The van der Waals surface area contributed by atoms with E-state index in [4.69, 9.17) is 5.11 Å². The molecule has 0 saturated heterocycles. The van der Waals surface area contributed by atoms with E-state index in [9.17, 15) is 18.0 Å². The number of amides is 1. The van der Waals surface area contributed by atoms with Gasteiger partial charge in [0.15, 0.2) is 0 Å². The molecule has 0 fully saturated rings. The van der Waals surface area contributed by atoms with E-state index in [-0.39, 0.29) is 24.5 Å². The maximum atomic E-state index is 13.1. The molecule has 0 atom stereocenters. The molecule has 0 aliphatic rings. The Morgan fingerprint density at radius 3 is 2.62 bits per heavy atom. The van der Waals surface area contributed by atoms with E-state index < -0.39 is 17.6 Å². The highest BCUT2D eigenvalue weighted by Gasteiger charge is 2.34. The summed E-state index contributed by atoms with van der Waals surface area (Å²) in [5.74, 6) is -0.523. The second-order valence-corrected chi connectivity index (χ2v) is 5.05. The fourth-order valence-electron chi connectivity index (χ4n) is 2.09. The molecule has 24 heavy (non-hydrogen) atoms. The molecule has 1 heterocycles. The number of rotatable bonds is 5. The predicted molar refractivity (Wildman–Crippen MR) is 83.9 cm³/mol. The standard InChI is InChI=1S/C16H16F3N3O2/c1-10-8-11(4-5-20-10)15(24)22-12-2-3-14(21-6-7-23)13(9-12)16(17,18)19/h2-5,8-9,21,23H,6-7H2,1H3,(H,22,24). The number of alkyl halides is 3. The number of aromatic nitrogens is 1. The SMILES string of the molecule is Cc1cc(C(=O)Nc2ccc(NCCO)c(C(F)(F)F)c2)ccn1. The summed E-state index contributed by atoms with van der Waals surface area (Å²) in [4.78, 5) is 16.1. The number of aryl methyl sites for hydroxylation is 1. The molecule has 128 valence electrons. The topological polar surface area (TPSA) is 74.2 Å². The highest BCUT2D eigenvalue weighted by Crippen LogP contribution is 2.36. The highest BCUT2D eigenvalue weighted by molar-refractivity contribution is 6.04. The minimum absolute atomic E-state index is 0.00885. The Morgan fingerprint density at radius 2 is 2.00 bits per heavy atom. The van der Waals surface area contributed by atoms with Gasteiger partial charge in [0.25, 0.3) is 5.91 Å². The number of aliphatic hydroxyl groups excluding tert-OH is 1. The Labute approximate surface area is 136 Å². The van der Waals surface area contributed by atoms with E-state index >= 15 is 0 Å². The molecule has 0 bridgehead atoms. The maximum absolute atomic E-state index is 13.1. The number of carbonyl (C=O) groups excluding carboxylic acids is 1. The summed E-state index contributed by atoms with van der Waals surface area (Å²) in [6.45, 7) is 1.41. The Balaban J connectivity index is 2.26. The van der Waals surface area contributed by atoms with Crippen molar-refractivity contribution in [1.82, 2.24) is 4.98 Å². The minimum Gasteiger partial charge on any atom is -0.395 e. The summed E-state index contributed by atoms with van der Waals surface area (Å²) < 4.78 is 39.4. The van der Waals surface area contributed by atoms with Crippen molar-refractivity contribution >= 4 is 17.3 Å². The van der Waals surface area contributed by atoms with E-state index in [1.165, 1.54) is 30.5 Å². The largest absolute Gasteiger partial charge is 0.418 e. The van der Waals surface area contributed by atoms with Crippen LogP contribution in [0, 0.1) is 6.92 Å². The summed E-state index contributed by atoms with van der Waals surface area (Å²) in [6.07, 6.45) is -3.14. The van der Waals surface area contributed by atoms with Crippen LogP contribution in [0.1, 0.15) is 21.6 Å². The van der Waals surface area contributed by atoms with Crippen molar-refractivity contribution in [1.29, 1.82) is 0 Å². The molecule has 8 heteroatoms. The van der Waals surface area contributed by atoms with Crippen LogP contribution in [0.3, 0.4) is 0 Å². The number of hydrogen-bond donors (Lipinski definition) is 3. The van der Waals surface area contributed by atoms with Gasteiger partial charge in [-0.15, -0.1) is 0 Å². The molecule has 5 nitrogen and oxygen atoms in total. The summed E-state index contributed by atoms with van der Waals surface area (Å²) >= 11 is 0. The number of benzene rings is 1. The predicted octanol–water partition coefficient (Wildman–Crippen LogP) is 3.07. The summed E-state index contributed by atoms with van der Waals surface area (Å²) in [7, 11) is 0. The van der Waals surface area contributed by atoms with E-state index in [2.05, 4.69) is 15.6 Å². The number of hydrogen-bond acceptors (Lipinski definition) is 4. The average molecular weight is 339 g/mol. The molecule has 1 amide bonds. The van der Waals surface area contributed by atoms with Gasteiger partial charge in [0, 0.05) is 35.4 Å². The molecule has 1 aromatic carbocycles. The number of halogens is 3. The van der Waals surface area contributed by atoms with Crippen LogP contribution in [-0.2, 0) is 6.18 Å². The molecule has 0 spiro atoms. The second-order valence-electron chi connectivity index (χ2n) is 5.05. The van der Waals surface area contributed by atoms with Gasteiger partial charge in [-0.05, 0) is 37.3 Å². The molecule has 2 aromatic rings. The van der Waals surface area contributed by atoms with Gasteiger partial charge in [0.2, 0.25) is 0 Å². The smallest absolute Gasteiger partial charge is 0.395 e. The third-order valence-corrected chi connectivity index (χ3v) is 3.17. The van der Waals surface area contributed by atoms with Gasteiger partial charge in [-0.3, -0.25) is 9.78 Å². The lowest BCUT2D eigenvalue weighted by molar-refractivity contribution is -0.136. The quantitative estimate of drug-likeness (QED) is 0.783. The fraction of sp³-hybridized carbons (Fsp3) is 0.250. The van der Waals surface area contributed by atoms with Crippen molar-refractivity contribution in [2.75, 3.05) is 23.8 Å². The van der Waals surface area contributed by atoms with Crippen LogP contribution in [0.2, 0.25) is 0 Å². The lowest BCUT2D eigenvalue weighted by atomic mass is 10.1. The van der Waals surface area contributed by atoms with Crippen molar-refractivity contribution < 1.29 is 23.1 Å². The molecular formula is C16H16F3N3O2. The number of nitrogens with zero attached hydrogens (tertiary/aromatic N) is 1. The van der Waals surface area contributed by atoms with E-state index in [1.807, 2.05) is 0 Å². The zero-order valence-electron chi connectivity index (χ0n) is 12.8. The van der Waals surface area contributed by atoms with Gasteiger partial charge < -0.3 is 15.7 Å². The number of carbonyl (C=O) groups is 1. The van der Waals surface area contributed by atoms with Crippen LogP contribution in [0.5, 0.6) is 0 Å². The molecule has 2 rings (SSSR count). The molecule has 0 radical (unpaired) electrons. The van der Waals surface area contributed by atoms with E-state index in [0.717, 1.165) is 6.07 Å². The number of aliphatic hydroxyl groups is 1. The molecule has 1 aromatic heterocycles. The van der Waals surface area contributed by atoms with Crippen molar-refractivity contribution in [3.63, 3.8) is 0 Å². The van der Waals surface area contributed by atoms with Crippen LogP contribution in [0.15, 0.2) is 36.5 Å². The Hall–Kier alpha value is -2.61. The summed E-state index contributed by atoms with van der Waals surface area (Å²) in [5.41, 5.74) is -0.119. The van der Waals surface area contributed by atoms with Crippen molar-refractivity contribution in [2.24, 2.45) is 0 Å². The number of pyridine rings is 1. The lowest BCUT2D eigenvalue weighted by Gasteiger charge is -2.16. The maximum Gasteiger partial charge on any atom is 0.418 e. The van der Waals surface area contributed by atoms with Gasteiger partial charge in [0.05, 0.1) is 12.2 Å². The summed E-state index contributed by atoms with van der Waals surface area (Å²) in [5, 5.41) is 13.7. The first-order valence-electron chi connectivity index (χ1n) is 7.11. The first-order chi connectivity index (χ1) is 11.3. The van der Waals surface area contributed by atoms with Gasteiger partial charge in [-0.1, -0.05) is 0 Å². The van der Waals surface area contributed by atoms with Crippen LogP contribution < -0.4 is 10.6 Å². The van der Waals surface area contributed by atoms with E-state index in [1.54, 1.807) is 6.92 Å². The third kappa shape index (κ3) is 4.45. The molecule has 0 aliphatic heterocycles. The highest BCUT2D eigenvalue weighted by atomic mass is 19.4. The fourth-order valence-corrected chi connectivity index (χ4v) is 2.09. The molecule has 3 N–H and O–H groups in total. The summed E-state index contributed by atoms with van der Waals surface area (Å²) in [6, 6.07) is 6.44. The molecule has 0 aliphatic carbocycles. The zero-order valence-corrected chi connectivity index (χ0v) is 12.8. The minimum atomic E-state index is -4.59. The molecule has 0 saturated carbocycles. The monoisotopic (exact) mass is 339 g/mol. The number of anilines is 2. The Bertz CT molecular complexity index is 733. The van der Waals surface area contributed by atoms with Crippen LogP contribution in [0.25, 0.3) is 0 Å². The molecular weight excluding hydrogens is 323 g/mol. The van der Waals surface area contributed by atoms with Gasteiger partial charge in [-0.25, -0.2) is 0 Å². The molecule has 0 unspecified atom stereocenters. The van der Waals surface area contributed by atoms with Crippen LogP contribution in [-0.4, -0.2) is 29.1 Å². The van der Waals surface area contributed by atoms with Crippen molar-refractivity contribution in [3.05, 3.63) is 53.3 Å². The van der Waals surface area contributed by atoms with Gasteiger partial charge in [0.1, 0.15) is 0 Å². The lowest BCUT2D eigenvalue weighted by Crippen LogP contribution is -2.16.